The molecule has 0 bridgehead atoms. The topological polar surface area (TPSA) is 137 Å². The fourth-order valence-electron chi connectivity index (χ4n) is 6.35. The van der Waals surface area contributed by atoms with Crippen LogP contribution in [-0.4, -0.2) is 79.6 Å². The fourth-order valence-corrected chi connectivity index (χ4v) is 6.35. The average molecular weight is 507 g/mol. The van der Waals surface area contributed by atoms with Crippen molar-refractivity contribution in [1.29, 1.82) is 0 Å². The van der Waals surface area contributed by atoms with Crippen molar-refractivity contribution in [3.8, 4) is 17.2 Å². The number of aromatic nitrogens is 1. The van der Waals surface area contributed by atoms with Gasteiger partial charge < -0.3 is 28.8 Å². The van der Waals surface area contributed by atoms with Crippen LogP contribution in [0.3, 0.4) is 0 Å². The molecule has 1 N–H and O–H groups in total. The van der Waals surface area contributed by atoms with Crippen LogP contribution in [0, 0.1) is 17.3 Å². The highest BCUT2D eigenvalue weighted by Gasteiger charge is 2.75. The van der Waals surface area contributed by atoms with Gasteiger partial charge in [0, 0.05) is 29.1 Å². The number of nitrogens with zero attached hydrogens (tertiary/aromatic N) is 2. The van der Waals surface area contributed by atoms with Crippen LogP contribution in [0.25, 0.3) is 10.9 Å². The van der Waals surface area contributed by atoms with E-state index in [1.807, 2.05) is 0 Å². The number of benzene rings is 1. The van der Waals surface area contributed by atoms with Gasteiger partial charge in [-0.3, -0.25) is 19.4 Å². The van der Waals surface area contributed by atoms with E-state index in [1.165, 1.54) is 41.4 Å². The van der Waals surface area contributed by atoms with Crippen molar-refractivity contribution in [2.75, 3.05) is 35.0 Å². The van der Waals surface area contributed by atoms with Gasteiger partial charge in [0.15, 0.2) is 17.3 Å². The minimum absolute atomic E-state index is 0.0194. The number of aromatic amines is 1. The van der Waals surface area contributed by atoms with E-state index >= 15 is 0 Å². The van der Waals surface area contributed by atoms with E-state index in [0.29, 0.717) is 46.8 Å². The van der Waals surface area contributed by atoms with E-state index in [4.69, 9.17) is 18.9 Å². The Hall–Kier alpha value is -4.15. The Kier molecular flexibility index (Phi) is 4.67. The molecule has 2 aliphatic heterocycles. The molecule has 11 nitrogen and oxygen atoms in total. The van der Waals surface area contributed by atoms with Crippen molar-refractivity contribution in [3.63, 3.8) is 0 Å². The molecule has 6 rings (SSSR count). The summed E-state index contributed by atoms with van der Waals surface area (Å²) in [6.45, 7) is 1.73. The number of hydrogen-bond acceptors (Lipinski definition) is 9. The molecule has 1 aromatic carbocycles. The lowest BCUT2D eigenvalue weighted by atomic mass is 9.72. The van der Waals surface area contributed by atoms with Gasteiger partial charge >= 0.3 is 5.97 Å². The molecule has 1 saturated heterocycles. The smallest absolute Gasteiger partial charge is 0.341 e. The number of carbonyl (C=O) groups excluding carboxylic acids is 4. The Balaban J connectivity index is 1.39. The number of ether oxygens (including phenoxy) is 4. The maximum absolute atomic E-state index is 13.8. The van der Waals surface area contributed by atoms with Gasteiger partial charge in [0.1, 0.15) is 5.69 Å². The maximum Gasteiger partial charge on any atom is 0.341 e. The molecule has 1 spiro atoms. The van der Waals surface area contributed by atoms with Crippen molar-refractivity contribution in [3.05, 3.63) is 29.6 Å². The van der Waals surface area contributed by atoms with Crippen LogP contribution in [-0.2, 0) is 19.1 Å². The highest BCUT2D eigenvalue weighted by molar-refractivity contribution is 6.52. The number of methoxy groups -OCH3 is 4. The summed E-state index contributed by atoms with van der Waals surface area (Å²) in [5.74, 6) is -1.73. The van der Waals surface area contributed by atoms with Crippen LogP contribution in [0.2, 0.25) is 0 Å². The van der Waals surface area contributed by atoms with Crippen molar-refractivity contribution in [2.24, 2.45) is 22.2 Å². The Morgan fingerprint density at radius 1 is 1.08 bits per heavy atom. The largest absolute Gasteiger partial charge is 0.493 e. The number of allylic oxidation sites excluding steroid dienone is 2. The molecule has 2 aromatic rings. The standard InChI is InChI=1S/C26H25N3O8/c1-25(24(33)37-5)22(31)17-19(28-25)14(30)8-16-26(17)9-12(26)10-29(16)23(32)13-6-11-7-15(34-2)20(35-3)21(36-4)18(11)27-13/h6-8,12,17,27H,9-10H2,1-5H3/t12-,17?,25?,26+/m1/s1. The number of carbonyl (C=O) groups is 4. The first kappa shape index (κ1) is 23.3. The molecular weight excluding hydrogens is 482 g/mol. The van der Waals surface area contributed by atoms with Crippen LogP contribution < -0.4 is 14.2 Å². The number of Topliss-reactive ketones (excluding diaryl/α,β-unsaturated/α-hetero) is 1. The maximum atomic E-state index is 13.8. The van der Waals surface area contributed by atoms with Crippen LogP contribution in [0.4, 0.5) is 0 Å². The number of amides is 1. The molecule has 4 atom stereocenters. The van der Waals surface area contributed by atoms with Gasteiger partial charge in [-0.1, -0.05) is 0 Å². The molecule has 37 heavy (non-hydrogen) atoms. The summed E-state index contributed by atoms with van der Waals surface area (Å²) in [4.78, 5) is 61.7. The molecule has 192 valence electrons. The van der Waals surface area contributed by atoms with Gasteiger partial charge in [0.25, 0.3) is 5.91 Å². The molecule has 1 amide bonds. The van der Waals surface area contributed by atoms with E-state index in [0.717, 1.165) is 0 Å². The zero-order chi connectivity index (χ0) is 26.4. The monoisotopic (exact) mass is 507 g/mol. The molecular formula is C26H25N3O8. The highest BCUT2D eigenvalue weighted by atomic mass is 16.5. The average Bonchev–Trinajstić information content (AvgIpc) is 3.15. The first-order valence-corrected chi connectivity index (χ1v) is 11.8. The molecule has 1 saturated carbocycles. The summed E-state index contributed by atoms with van der Waals surface area (Å²) in [7, 11) is 5.69. The molecule has 3 heterocycles. The molecule has 2 aliphatic carbocycles. The summed E-state index contributed by atoms with van der Waals surface area (Å²) in [5.41, 5.74) is -1.07. The Morgan fingerprint density at radius 3 is 2.46 bits per heavy atom. The zero-order valence-electron chi connectivity index (χ0n) is 21.0. The highest BCUT2D eigenvalue weighted by Crippen LogP contribution is 2.71. The number of ketones is 2. The normalized spacial score (nSPS) is 29.3. The number of esters is 1. The third-order valence-electron chi connectivity index (χ3n) is 8.20. The zero-order valence-corrected chi connectivity index (χ0v) is 21.0. The van der Waals surface area contributed by atoms with Gasteiger partial charge in [0.05, 0.1) is 45.6 Å². The van der Waals surface area contributed by atoms with E-state index in [1.54, 1.807) is 17.0 Å². The second-order valence-corrected chi connectivity index (χ2v) is 9.90. The number of hydrogen-bond donors (Lipinski definition) is 1. The Morgan fingerprint density at radius 2 is 1.81 bits per heavy atom. The molecule has 2 fully saturated rings. The summed E-state index contributed by atoms with van der Waals surface area (Å²) in [6.07, 6.45) is 2.03. The van der Waals surface area contributed by atoms with Crippen molar-refractivity contribution in [1.82, 2.24) is 9.88 Å². The van der Waals surface area contributed by atoms with E-state index < -0.39 is 34.4 Å². The minimum atomic E-state index is -1.77. The summed E-state index contributed by atoms with van der Waals surface area (Å²) >= 11 is 0. The first-order chi connectivity index (χ1) is 17.7. The SMILES string of the molecule is COC(=O)C1(C)N=C2C(=O)C=C3N(C(=O)c4cc5cc(OC)c(OC)c(OC)c5[nH]4)C[C@H]4C[C@@]34C2C1=O. The van der Waals surface area contributed by atoms with Crippen LogP contribution in [0.1, 0.15) is 23.8 Å². The summed E-state index contributed by atoms with van der Waals surface area (Å²) in [6, 6.07) is 3.43. The molecule has 0 radical (unpaired) electrons. The number of rotatable bonds is 5. The third-order valence-corrected chi connectivity index (χ3v) is 8.20. The Bertz CT molecular complexity index is 1500. The molecule has 1 aromatic heterocycles. The van der Waals surface area contributed by atoms with Crippen LogP contribution in [0.5, 0.6) is 17.2 Å². The van der Waals surface area contributed by atoms with E-state index in [9.17, 15) is 19.2 Å². The number of aliphatic imine (C=N–C) groups is 1. The number of piperidine rings is 1. The van der Waals surface area contributed by atoms with E-state index in [-0.39, 0.29) is 23.2 Å². The predicted octanol–water partition coefficient (Wildman–Crippen LogP) is 1.69. The number of nitrogens with one attached hydrogen (secondary N) is 1. The molecule has 4 aliphatic rings. The van der Waals surface area contributed by atoms with Gasteiger partial charge in [-0.25, -0.2) is 4.79 Å². The fraction of sp³-hybridized carbons (Fsp3) is 0.423. The molecule has 11 heteroatoms. The van der Waals surface area contributed by atoms with Crippen molar-refractivity contribution >= 4 is 40.1 Å². The van der Waals surface area contributed by atoms with Gasteiger partial charge in [-0.05, 0) is 31.4 Å². The van der Waals surface area contributed by atoms with Gasteiger partial charge in [0.2, 0.25) is 17.1 Å². The number of fused-ring (bicyclic) bond motifs is 2. The number of H-pyrrole nitrogens is 1. The van der Waals surface area contributed by atoms with Gasteiger partial charge in [-0.2, -0.15) is 0 Å². The summed E-state index contributed by atoms with van der Waals surface area (Å²) < 4.78 is 21.2. The van der Waals surface area contributed by atoms with Crippen LogP contribution >= 0.6 is 0 Å². The third kappa shape index (κ3) is 2.74. The van der Waals surface area contributed by atoms with E-state index in [2.05, 4.69) is 9.98 Å². The predicted molar refractivity (Wildman–Crippen MR) is 129 cm³/mol. The lowest BCUT2D eigenvalue weighted by molar-refractivity contribution is -0.150. The lowest BCUT2D eigenvalue weighted by Gasteiger charge is -2.31. The Labute approximate surface area is 211 Å². The van der Waals surface area contributed by atoms with Gasteiger partial charge in [-0.15, -0.1) is 0 Å². The quantitative estimate of drug-likeness (QED) is 0.477. The lowest BCUT2D eigenvalue weighted by Crippen LogP contribution is -2.47. The van der Waals surface area contributed by atoms with Crippen molar-refractivity contribution in [2.45, 2.75) is 18.9 Å². The first-order valence-electron chi connectivity index (χ1n) is 11.8. The minimum Gasteiger partial charge on any atom is -0.493 e. The number of likely N-dealkylation sites (tertiary alicyclic amines) is 1. The second-order valence-electron chi connectivity index (χ2n) is 9.90. The van der Waals surface area contributed by atoms with Crippen LogP contribution in [0.15, 0.2) is 28.9 Å². The summed E-state index contributed by atoms with van der Waals surface area (Å²) in [5, 5.41) is 0.680. The van der Waals surface area contributed by atoms with Crippen molar-refractivity contribution < 1.29 is 38.1 Å². The second kappa shape index (κ2) is 7.44. The molecule has 2 unspecified atom stereocenters.